The van der Waals surface area contributed by atoms with Gasteiger partial charge in [0.25, 0.3) is 0 Å². The number of halogens is 1. The summed E-state index contributed by atoms with van der Waals surface area (Å²) in [6.07, 6.45) is 6.58. The van der Waals surface area contributed by atoms with Gasteiger partial charge < -0.3 is 4.74 Å². The highest BCUT2D eigenvalue weighted by atomic mass is 19.1. The number of fused-ring (bicyclic) bond motifs is 2. The van der Waals surface area contributed by atoms with Crippen molar-refractivity contribution in [2.24, 2.45) is 0 Å². The Hall–Kier alpha value is -2.01. The molecule has 0 amide bonds. The Bertz CT molecular complexity index is 791. The van der Waals surface area contributed by atoms with Crippen molar-refractivity contribution < 1.29 is 9.13 Å². The Labute approximate surface area is 148 Å². The largest absolute Gasteiger partial charge is 0.496 e. The maximum absolute atomic E-state index is 13.4. The Morgan fingerprint density at radius 2 is 2.20 bits per heavy atom. The molecule has 1 aromatic heterocycles. The molecule has 1 aromatic carbocycles. The second-order valence-corrected chi connectivity index (χ2v) is 7.34. The van der Waals surface area contributed by atoms with Gasteiger partial charge in [-0.15, -0.1) is 0 Å². The fraction of sp³-hybridized carbons (Fsp3) is 0.500. The third-order valence-corrected chi connectivity index (χ3v) is 5.66. The molecule has 1 spiro atoms. The molecule has 5 heteroatoms. The van der Waals surface area contributed by atoms with Crippen LogP contribution in [-0.4, -0.2) is 35.1 Å². The number of rotatable bonds is 3. The van der Waals surface area contributed by atoms with Gasteiger partial charge in [0, 0.05) is 36.3 Å². The number of aromatic nitrogens is 2. The van der Waals surface area contributed by atoms with E-state index >= 15 is 0 Å². The summed E-state index contributed by atoms with van der Waals surface area (Å²) in [7, 11) is 1.60. The molecule has 1 aliphatic carbocycles. The maximum Gasteiger partial charge on any atom is 0.126 e. The highest BCUT2D eigenvalue weighted by Gasteiger charge is 2.43. The second-order valence-electron chi connectivity index (χ2n) is 7.34. The first-order valence-corrected chi connectivity index (χ1v) is 8.97. The number of likely N-dealkylation sites (tertiary alicyclic amines) is 1. The van der Waals surface area contributed by atoms with Gasteiger partial charge in [-0.05, 0) is 50.8 Å². The van der Waals surface area contributed by atoms with Gasteiger partial charge in [0.15, 0.2) is 0 Å². The van der Waals surface area contributed by atoms with Gasteiger partial charge in [0.1, 0.15) is 17.4 Å². The number of ether oxygens (including phenoxy) is 1. The van der Waals surface area contributed by atoms with Gasteiger partial charge in [-0.3, -0.25) is 4.90 Å². The molecular formula is C20H24FN3O. The van der Waals surface area contributed by atoms with Gasteiger partial charge in [-0.1, -0.05) is 6.07 Å². The molecule has 0 saturated carbocycles. The highest BCUT2D eigenvalue weighted by molar-refractivity contribution is 5.36. The lowest BCUT2D eigenvalue weighted by Crippen LogP contribution is -2.45. The zero-order valence-electron chi connectivity index (χ0n) is 14.9. The van der Waals surface area contributed by atoms with Crippen LogP contribution in [-0.2, 0) is 18.4 Å². The highest BCUT2D eigenvalue weighted by Crippen LogP contribution is 2.44. The summed E-state index contributed by atoms with van der Waals surface area (Å²) < 4.78 is 18.8. The van der Waals surface area contributed by atoms with Crippen molar-refractivity contribution in [3.05, 3.63) is 52.9 Å². The third-order valence-electron chi connectivity index (χ3n) is 5.66. The van der Waals surface area contributed by atoms with Crippen LogP contribution < -0.4 is 4.74 Å². The van der Waals surface area contributed by atoms with E-state index in [1.165, 1.54) is 29.8 Å². The van der Waals surface area contributed by atoms with Crippen LogP contribution in [0.5, 0.6) is 5.75 Å². The Balaban J connectivity index is 1.58. The van der Waals surface area contributed by atoms with Gasteiger partial charge >= 0.3 is 0 Å². The molecule has 1 unspecified atom stereocenters. The molecule has 0 N–H and O–H groups in total. The predicted octanol–water partition coefficient (Wildman–Crippen LogP) is 3.41. The number of benzene rings is 1. The fourth-order valence-electron chi connectivity index (χ4n) is 4.48. The fourth-order valence-corrected chi connectivity index (χ4v) is 4.48. The van der Waals surface area contributed by atoms with E-state index in [4.69, 9.17) is 9.72 Å². The molecule has 25 heavy (non-hydrogen) atoms. The lowest BCUT2D eigenvalue weighted by molar-refractivity contribution is 0.135. The van der Waals surface area contributed by atoms with Crippen LogP contribution in [0.4, 0.5) is 4.39 Å². The summed E-state index contributed by atoms with van der Waals surface area (Å²) in [5.41, 5.74) is 3.76. The van der Waals surface area contributed by atoms with Crippen molar-refractivity contribution >= 4 is 0 Å². The number of hydrogen-bond donors (Lipinski definition) is 0. The topological polar surface area (TPSA) is 38.2 Å². The van der Waals surface area contributed by atoms with E-state index in [2.05, 4.69) is 9.88 Å². The van der Waals surface area contributed by atoms with Crippen molar-refractivity contribution in [3.8, 4) is 5.75 Å². The summed E-state index contributed by atoms with van der Waals surface area (Å²) >= 11 is 0. The van der Waals surface area contributed by atoms with Gasteiger partial charge in [0.05, 0.1) is 12.8 Å². The molecule has 1 saturated heterocycles. The molecule has 2 aliphatic rings. The zero-order valence-corrected chi connectivity index (χ0v) is 14.9. The number of aryl methyl sites for hydroxylation is 2. The normalized spacial score (nSPS) is 23.0. The lowest BCUT2D eigenvalue weighted by Gasteiger charge is -2.40. The van der Waals surface area contributed by atoms with Crippen LogP contribution >= 0.6 is 0 Å². The Morgan fingerprint density at radius 3 is 3.04 bits per heavy atom. The van der Waals surface area contributed by atoms with Crippen molar-refractivity contribution in [2.45, 2.75) is 44.6 Å². The van der Waals surface area contributed by atoms with E-state index in [1.54, 1.807) is 7.11 Å². The number of hydrogen-bond acceptors (Lipinski definition) is 4. The summed E-state index contributed by atoms with van der Waals surface area (Å²) in [6.45, 7) is 4.81. The van der Waals surface area contributed by atoms with Crippen molar-refractivity contribution in [1.29, 1.82) is 0 Å². The van der Waals surface area contributed by atoms with E-state index in [1.807, 2.05) is 19.2 Å². The summed E-state index contributed by atoms with van der Waals surface area (Å²) in [6, 6.07) is 4.82. The smallest absolute Gasteiger partial charge is 0.126 e. The monoisotopic (exact) mass is 341 g/mol. The molecule has 1 fully saturated rings. The first kappa shape index (κ1) is 16.5. The molecule has 4 rings (SSSR count). The van der Waals surface area contributed by atoms with Crippen molar-refractivity contribution in [1.82, 2.24) is 14.9 Å². The number of methoxy groups -OCH3 is 1. The summed E-state index contributed by atoms with van der Waals surface area (Å²) in [4.78, 5) is 11.6. The summed E-state index contributed by atoms with van der Waals surface area (Å²) in [5.74, 6) is 1.23. The minimum absolute atomic E-state index is 0.147. The first-order chi connectivity index (χ1) is 12.1. The molecule has 0 radical (unpaired) electrons. The van der Waals surface area contributed by atoms with Crippen molar-refractivity contribution in [2.75, 3.05) is 20.2 Å². The van der Waals surface area contributed by atoms with Gasteiger partial charge in [0.2, 0.25) is 0 Å². The third kappa shape index (κ3) is 3.01. The van der Waals surface area contributed by atoms with E-state index in [0.717, 1.165) is 50.3 Å². The quantitative estimate of drug-likeness (QED) is 0.857. The average molecular weight is 341 g/mol. The molecule has 132 valence electrons. The van der Waals surface area contributed by atoms with Crippen molar-refractivity contribution in [3.63, 3.8) is 0 Å². The van der Waals surface area contributed by atoms with Crippen LogP contribution in [0.2, 0.25) is 0 Å². The van der Waals surface area contributed by atoms with Crippen LogP contribution in [0.3, 0.4) is 0 Å². The molecule has 2 heterocycles. The standard InChI is InChI=1S/C20H24FN3O/c1-14-22-11-15-6-8-20(19(15)23-14)7-3-9-24(13-20)12-16-4-5-17(21)10-18(16)25-2/h4-5,10-11H,3,6-9,12-13H2,1-2H3. The van der Waals surface area contributed by atoms with Crippen LogP contribution in [0, 0.1) is 12.7 Å². The van der Waals surface area contributed by atoms with Crippen LogP contribution in [0.15, 0.2) is 24.4 Å². The van der Waals surface area contributed by atoms with E-state index in [0.29, 0.717) is 5.75 Å². The minimum Gasteiger partial charge on any atom is -0.496 e. The van der Waals surface area contributed by atoms with Crippen LogP contribution in [0.25, 0.3) is 0 Å². The van der Waals surface area contributed by atoms with Gasteiger partial charge in [-0.25, -0.2) is 14.4 Å². The molecule has 1 aliphatic heterocycles. The number of piperidine rings is 1. The lowest BCUT2D eigenvalue weighted by atomic mass is 9.77. The molecule has 4 nitrogen and oxygen atoms in total. The average Bonchev–Trinajstić information content (AvgIpc) is 2.94. The number of nitrogens with zero attached hydrogens (tertiary/aromatic N) is 3. The molecule has 0 bridgehead atoms. The Kier molecular flexibility index (Phi) is 4.20. The molecule has 1 atom stereocenters. The van der Waals surface area contributed by atoms with Crippen LogP contribution in [0.1, 0.15) is 41.9 Å². The van der Waals surface area contributed by atoms with E-state index in [9.17, 15) is 4.39 Å². The molecular weight excluding hydrogens is 317 g/mol. The van der Waals surface area contributed by atoms with E-state index in [-0.39, 0.29) is 11.2 Å². The van der Waals surface area contributed by atoms with E-state index < -0.39 is 0 Å². The zero-order chi connectivity index (χ0) is 17.4. The minimum atomic E-state index is -0.257. The first-order valence-electron chi connectivity index (χ1n) is 8.97. The predicted molar refractivity (Wildman–Crippen MR) is 94.2 cm³/mol. The summed E-state index contributed by atoms with van der Waals surface area (Å²) in [5, 5.41) is 0. The molecule has 2 aromatic rings. The maximum atomic E-state index is 13.4. The second kappa shape index (κ2) is 6.37. The Morgan fingerprint density at radius 1 is 1.32 bits per heavy atom. The SMILES string of the molecule is COc1cc(F)ccc1CN1CCCC2(CCc3cnc(C)nc32)C1. The van der Waals surface area contributed by atoms with Gasteiger partial charge in [-0.2, -0.15) is 0 Å².